The predicted molar refractivity (Wildman–Crippen MR) is 116 cm³/mol. The van der Waals surface area contributed by atoms with Crippen LogP contribution in [-0.2, 0) is 6.54 Å². The monoisotopic (exact) mass is 414 g/mol. The molecule has 4 aromatic heterocycles. The molecule has 0 aliphatic carbocycles. The van der Waals surface area contributed by atoms with Crippen molar-refractivity contribution < 1.29 is 0 Å². The van der Waals surface area contributed by atoms with Crippen molar-refractivity contribution in [1.29, 1.82) is 0 Å². The van der Waals surface area contributed by atoms with Crippen LogP contribution in [0, 0.1) is 5.92 Å². The molecular weight excluding hydrogens is 392 g/mol. The highest BCUT2D eigenvalue weighted by atomic mass is 16.1. The van der Waals surface area contributed by atoms with E-state index in [1.54, 1.807) is 52.6 Å². The summed E-state index contributed by atoms with van der Waals surface area (Å²) in [5, 5.41) is 4.22. The number of anilines is 1. The first-order valence-electron chi connectivity index (χ1n) is 10.3. The summed E-state index contributed by atoms with van der Waals surface area (Å²) in [5.74, 6) is 1.98. The Morgan fingerprint density at radius 3 is 2.55 bits per heavy atom. The first kappa shape index (κ1) is 19.1. The topological polar surface area (TPSA) is 94.6 Å². The lowest BCUT2D eigenvalue weighted by Gasteiger charge is -2.32. The van der Waals surface area contributed by atoms with Crippen LogP contribution in [0.4, 0.5) is 5.82 Å². The SMILES string of the molecule is O=c1cc(-c2ccncc2)ncn1CC1CCN(c2cncc(-n3cccn3)n2)CC1. The minimum atomic E-state index is -0.0259. The Morgan fingerprint density at radius 2 is 1.81 bits per heavy atom. The smallest absolute Gasteiger partial charge is 0.253 e. The summed E-state index contributed by atoms with van der Waals surface area (Å²) in [6.07, 6.45) is 14.1. The lowest BCUT2D eigenvalue weighted by molar-refractivity contribution is 0.350. The van der Waals surface area contributed by atoms with Crippen LogP contribution in [0.2, 0.25) is 0 Å². The second-order valence-electron chi connectivity index (χ2n) is 7.62. The first-order chi connectivity index (χ1) is 15.3. The Bertz CT molecular complexity index is 1200. The Hall–Kier alpha value is -3.88. The Kier molecular flexibility index (Phi) is 5.22. The fourth-order valence-corrected chi connectivity index (χ4v) is 3.88. The molecule has 0 radical (unpaired) electrons. The Morgan fingerprint density at radius 1 is 1.00 bits per heavy atom. The van der Waals surface area contributed by atoms with E-state index in [1.807, 2.05) is 24.4 Å². The minimum Gasteiger partial charge on any atom is -0.355 e. The van der Waals surface area contributed by atoms with Gasteiger partial charge in [0.15, 0.2) is 5.82 Å². The van der Waals surface area contributed by atoms with Gasteiger partial charge in [-0.15, -0.1) is 0 Å². The molecule has 1 fully saturated rings. The molecule has 5 rings (SSSR count). The van der Waals surface area contributed by atoms with Crippen LogP contribution in [0.3, 0.4) is 0 Å². The van der Waals surface area contributed by atoms with Crippen molar-refractivity contribution >= 4 is 5.82 Å². The van der Waals surface area contributed by atoms with Gasteiger partial charge in [-0.1, -0.05) is 0 Å². The average molecular weight is 414 g/mol. The molecule has 0 unspecified atom stereocenters. The zero-order valence-corrected chi connectivity index (χ0v) is 16.9. The summed E-state index contributed by atoms with van der Waals surface area (Å²) in [6.45, 7) is 2.42. The molecule has 9 heteroatoms. The van der Waals surface area contributed by atoms with Gasteiger partial charge in [-0.2, -0.15) is 5.10 Å². The molecule has 5 heterocycles. The van der Waals surface area contributed by atoms with Crippen LogP contribution in [-0.4, -0.2) is 47.4 Å². The van der Waals surface area contributed by atoms with Gasteiger partial charge in [0, 0.05) is 56.1 Å². The molecule has 0 atom stereocenters. The molecule has 0 N–H and O–H groups in total. The standard InChI is InChI=1S/C22H22N8O/c31-22-12-19(18-2-7-23-8-3-18)25-16-29(22)15-17-4-10-28(11-5-17)20-13-24-14-21(27-20)30-9-1-6-26-30/h1-3,6-9,12-14,16-17H,4-5,10-11,15H2. The Balaban J connectivity index is 1.23. The molecule has 1 aliphatic heterocycles. The number of hydrogen-bond donors (Lipinski definition) is 0. The predicted octanol–water partition coefficient (Wildman–Crippen LogP) is 2.20. The van der Waals surface area contributed by atoms with E-state index in [4.69, 9.17) is 4.98 Å². The highest BCUT2D eigenvalue weighted by Gasteiger charge is 2.21. The second kappa shape index (κ2) is 8.47. The van der Waals surface area contributed by atoms with Crippen molar-refractivity contribution in [2.75, 3.05) is 18.0 Å². The van der Waals surface area contributed by atoms with E-state index in [2.05, 4.69) is 25.0 Å². The fraction of sp³-hybridized carbons (Fsp3) is 0.273. The van der Waals surface area contributed by atoms with Crippen LogP contribution >= 0.6 is 0 Å². The van der Waals surface area contributed by atoms with Crippen molar-refractivity contribution in [3.63, 3.8) is 0 Å². The van der Waals surface area contributed by atoms with Gasteiger partial charge in [0.05, 0.1) is 24.4 Å². The molecule has 156 valence electrons. The maximum Gasteiger partial charge on any atom is 0.253 e. The van der Waals surface area contributed by atoms with E-state index in [0.717, 1.165) is 37.3 Å². The number of pyridine rings is 1. The first-order valence-corrected chi connectivity index (χ1v) is 10.3. The van der Waals surface area contributed by atoms with Crippen LogP contribution < -0.4 is 10.5 Å². The number of nitrogens with zero attached hydrogens (tertiary/aromatic N) is 8. The third kappa shape index (κ3) is 4.20. The highest BCUT2D eigenvalue weighted by molar-refractivity contribution is 5.57. The van der Waals surface area contributed by atoms with Gasteiger partial charge in [0.25, 0.3) is 5.56 Å². The van der Waals surface area contributed by atoms with Gasteiger partial charge in [-0.25, -0.2) is 14.6 Å². The van der Waals surface area contributed by atoms with Crippen molar-refractivity contribution in [3.05, 3.63) is 78.1 Å². The maximum atomic E-state index is 12.6. The molecule has 0 saturated carbocycles. The summed E-state index contributed by atoms with van der Waals surface area (Å²) in [6, 6.07) is 7.17. The molecule has 9 nitrogen and oxygen atoms in total. The van der Waals surface area contributed by atoms with Crippen LogP contribution in [0.25, 0.3) is 17.1 Å². The van der Waals surface area contributed by atoms with Gasteiger partial charge < -0.3 is 4.90 Å². The summed E-state index contributed by atoms with van der Waals surface area (Å²) in [5.41, 5.74) is 1.54. The maximum absolute atomic E-state index is 12.6. The van der Waals surface area contributed by atoms with Crippen LogP contribution in [0.15, 0.2) is 72.6 Å². The number of hydrogen-bond acceptors (Lipinski definition) is 7. The van der Waals surface area contributed by atoms with Crippen molar-refractivity contribution in [2.45, 2.75) is 19.4 Å². The zero-order chi connectivity index (χ0) is 21.0. The third-order valence-electron chi connectivity index (χ3n) is 5.60. The molecule has 1 aliphatic rings. The van der Waals surface area contributed by atoms with Crippen molar-refractivity contribution in [2.24, 2.45) is 5.92 Å². The average Bonchev–Trinajstić information content (AvgIpc) is 3.37. The van der Waals surface area contributed by atoms with Gasteiger partial charge in [0.2, 0.25) is 0 Å². The molecule has 4 aromatic rings. The lowest BCUT2D eigenvalue weighted by atomic mass is 9.96. The van der Waals surface area contributed by atoms with Gasteiger partial charge in [0.1, 0.15) is 5.82 Å². The third-order valence-corrected chi connectivity index (χ3v) is 5.60. The molecule has 0 aromatic carbocycles. The van der Waals surface area contributed by atoms with Gasteiger partial charge in [-0.05, 0) is 37.0 Å². The summed E-state index contributed by atoms with van der Waals surface area (Å²) in [4.78, 5) is 32.3. The summed E-state index contributed by atoms with van der Waals surface area (Å²) < 4.78 is 3.42. The molecule has 31 heavy (non-hydrogen) atoms. The summed E-state index contributed by atoms with van der Waals surface area (Å²) >= 11 is 0. The number of aromatic nitrogens is 7. The van der Waals surface area contributed by atoms with E-state index < -0.39 is 0 Å². The van der Waals surface area contributed by atoms with E-state index in [9.17, 15) is 4.79 Å². The normalized spacial score (nSPS) is 14.6. The van der Waals surface area contributed by atoms with E-state index in [-0.39, 0.29) is 5.56 Å². The van der Waals surface area contributed by atoms with E-state index >= 15 is 0 Å². The van der Waals surface area contributed by atoms with E-state index in [1.165, 1.54) is 0 Å². The largest absolute Gasteiger partial charge is 0.355 e. The Labute approximate surface area is 179 Å². The van der Waals surface area contributed by atoms with Gasteiger partial charge in [-0.3, -0.25) is 19.3 Å². The molecule has 1 saturated heterocycles. The highest BCUT2D eigenvalue weighted by Crippen LogP contribution is 2.23. The molecule has 0 bridgehead atoms. The van der Waals surface area contributed by atoms with Crippen LogP contribution in [0.1, 0.15) is 12.8 Å². The number of piperidine rings is 1. The quantitative estimate of drug-likeness (QED) is 0.494. The van der Waals surface area contributed by atoms with Crippen LogP contribution in [0.5, 0.6) is 0 Å². The van der Waals surface area contributed by atoms with E-state index in [0.29, 0.717) is 24.0 Å². The van der Waals surface area contributed by atoms with Crippen molar-refractivity contribution in [3.8, 4) is 17.1 Å². The number of rotatable bonds is 5. The second-order valence-corrected chi connectivity index (χ2v) is 7.62. The molecule has 0 amide bonds. The van der Waals surface area contributed by atoms with Crippen molar-refractivity contribution in [1.82, 2.24) is 34.3 Å². The zero-order valence-electron chi connectivity index (χ0n) is 16.9. The van der Waals surface area contributed by atoms with Gasteiger partial charge >= 0.3 is 0 Å². The molecular formula is C22H22N8O. The molecule has 0 spiro atoms. The summed E-state index contributed by atoms with van der Waals surface area (Å²) in [7, 11) is 0. The fourth-order valence-electron chi connectivity index (χ4n) is 3.88. The minimum absolute atomic E-state index is 0.0259. The lowest BCUT2D eigenvalue weighted by Crippen LogP contribution is -2.37.